The molecule has 0 aromatic rings. The zero-order valence-corrected chi connectivity index (χ0v) is 12.5. The Morgan fingerprint density at radius 1 is 1.16 bits per heavy atom. The molecule has 0 bridgehead atoms. The lowest BCUT2D eigenvalue weighted by atomic mass is 10.1. The van der Waals surface area contributed by atoms with Crippen LogP contribution in [0.3, 0.4) is 0 Å². The quantitative estimate of drug-likeness (QED) is 0.445. The molecule has 0 aromatic carbocycles. The van der Waals surface area contributed by atoms with Crippen LogP contribution in [0.15, 0.2) is 24.6 Å². The van der Waals surface area contributed by atoms with Gasteiger partial charge in [-0.2, -0.15) is 0 Å². The summed E-state index contributed by atoms with van der Waals surface area (Å²) in [6, 6.07) is 0. The van der Waals surface area contributed by atoms with E-state index >= 15 is 0 Å². The molecule has 3 nitrogen and oxygen atoms in total. The highest BCUT2D eigenvalue weighted by molar-refractivity contribution is 4.94. The second-order valence-corrected chi connectivity index (χ2v) is 5.28. The van der Waals surface area contributed by atoms with Gasteiger partial charge in [-0.3, -0.25) is 0 Å². The lowest BCUT2D eigenvalue weighted by molar-refractivity contribution is 0.264. The van der Waals surface area contributed by atoms with Crippen molar-refractivity contribution in [3.05, 3.63) is 24.6 Å². The number of nitrogens with one attached hydrogen (secondary N) is 1. The van der Waals surface area contributed by atoms with Crippen molar-refractivity contribution in [3.63, 3.8) is 0 Å². The van der Waals surface area contributed by atoms with Crippen molar-refractivity contribution in [3.8, 4) is 0 Å². The average Bonchev–Trinajstić information content (AvgIpc) is 2.85. The number of nitrogens with two attached hydrogens (primary N) is 1. The van der Waals surface area contributed by atoms with Gasteiger partial charge in [-0.25, -0.2) is 0 Å². The molecule has 110 valence electrons. The molecular weight excluding hydrogens is 234 g/mol. The van der Waals surface area contributed by atoms with Gasteiger partial charge in [-0.1, -0.05) is 38.3 Å². The molecule has 0 saturated carbocycles. The Hall–Kier alpha value is -0.960. The highest BCUT2D eigenvalue weighted by atomic mass is 15.3. The SMILES string of the molecule is CCCC/C=C/CCCCCC1NC=CN1CCN. The highest BCUT2D eigenvalue weighted by Crippen LogP contribution is 2.13. The van der Waals surface area contributed by atoms with Gasteiger partial charge in [0.25, 0.3) is 0 Å². The van der Waals surface area contributed by atoms with Gasteiger partial charge in [-0.05, 0) is 32.1 Å². The van der Waals surface area contributed by atoms with E-state index in [0.29, 0.717) is 6.17 Å². The minimum atomic E-state index is 0.476. The zero-order chi connectivity index (χ0) is 13.8. The molecule has 1 aliphatic rings. The summed E-state index contributed by atoms with van der Waals surface area (Å²) in [5.74, 6) is 0. The van der Waals surface area contributed by atoms with Crippen molar-refractivity contribution in [2.45, 2.75) is 64.5 Å². The summed E-state index contributed by atoms with van der Waals surface area (Å²) in [6.45, 7) is 3.92. The summed E-state index contributed by atoms with van der Waals surface area (Å²) in [5, 5.41) is 3.39. The van der Waals surface area contributed by atoms with Crippen LogP contribution >= 0.6 is 0 Å². The second kappa shape index (κ2) is 10.9. The summed E-state index contributed by atoms with van der Waals surface area (Å²) < 4.78 is 0. The fourth-order valence-corrected chi connectivity index (χ4v) is 2.41. The Labute approximate surface area is 118 Å². The predicted octanol–water partition coefficient (Wildman–Crippen LogP) is 3.34. The molecule has 3 heteroatoms. The van der Waals surface area contributed by atoms with Crippen molar-refractivity contribution in [1.29, 1.82) is 0 Å². The van der Waals surface area contributed by atoms with Crippen LogP contribution in [0.1, 0.15) is 58.3 Å². The van der Waals surface area contributed by atoms with Gasteiger partial charge < -0.3 is 16.0 Å². The van der Waals surface area contributed by atoms with E-state index in [4.69, 9.17) is 5.73 Å². The van der Waals surface area contributed by atoms with Crippen LogP contribution in [-0.2, 0) is 0 Å². The van der Waals surface area contributed by atoms with Gasteiger partial charge in [0.2, 0.25) is 0 Å². The lowest BCUT2D eigenvalue weighted by Gasteiger charge is -2.24. The van der Waals surface area contributed by atoms with Crippen LogP contribution in [0, 0.1) is 0 Å². The van der Waals surface area contributed by atoms with Crippen LogP contribution in [0.5, 0.6) is 0 Å². The van der Waals surface area contributed by atoms with Gasteiger partial charge in [0.1, 0.15) is 0 Å². The molecule has 1 rings (SSSR count). The van der Waals surface area contributed by atoms with Crippen LogP contribution in [0.4, 0.5) is 0 Å². The van der Waals surface area contributed by atoms with Gasteiger partial charge >= 0.3 is 0 Å². The smallest absolute Gasteiger partial charge is 0.0981 e. The first-order valence-electron chi connectivity index (χ1n) is 7.92. The van der Waals surface area contributed by atoms with Crippen LogP contribution < -0.4 is 11.1 Å². The molecule has 1 heterocycles. The summed E-state index contributed by atoms with van der Waals surface area (Å²) in [4.78, 5) is 2.31. The Bertz CT molecular complexity index is 261. The fraction of sp³-hybridized carbons (Fsp3) is 0.750. The number of nitrogens with zero attached hydrogens (tertiary/aromatic N) is 1. The first kappa shape index (κ1) is 16.1. The highest BCUT2D eigenvalue weighted by Gasteiger charge is 2.16. The van der Waals surface area contributed by atoms with Gasteiger partial charge in [-0.15, -0.1) is 0 Å². The molecule has 0 saturated heterocycles. The molecule has 0 aliphatic carbocycles. The largest absolute Gasteiger partial charge is 0.370 e. The Balaban J connectivity index is 1.94. The molecule has 0 spiro atoms. The zero-order valence-electron chi connectivity index (χ0n) is 12.5. The van der Waals surface area contributed by atoms with E-state index in [1.54, 1.807) is 0 Å². The topological polar surface area (TPSA) is 41.3 Å². The van der Waals surface area contributed by atoms with Crippen molar-refractivity contribution in [2.24, 2.45) is 5.73 Å². The first-order valence-corrected chi connectivity index (χ1v) is 7.92. The van der Waals surface area contributed by atoms with E-state index in [2.05, 4.69) is 35.5 Å². The number of rotatable bonds is 11. The third kappa shape index (κ3) is 7.26. The molecule has 3 N–H and O–H groups in total. The van der Waals surface area contributed by atoms with Gasteiger partial charge in [0, 0.05) is 25.5 Å². The van der Waals surface area contributed by atoms with E-state index in [-0.39, 0.29) is 0 Å². The molecule has 0 aromatic heterocycles. The maximum Gasteiger partial charge on any atom is 0.0981 e. The van der Waals surface area contributed by atoms with E-state index in [1.807, 2.05) is 6.20 Å². The second-order valence-electron chi connectivity index (χ2n) is 5.28. The molecule has 1 aliphatic heterocycles. The van der Waals surface area contributed by atoms with Crippen LogP contribution in [-0.4, -0.2) is 24.2 Å². The minimum Gasteiger partial charge on any atom is -0.370 e. The van der Waals surface area contributed by atoms with E-state index < -0.39 is 0 Å². The molecule has 0 amide bonds. The average molecular weight is 265 g/mol. The van der Waals surface area contributed by atoms with Crippen LogP contribution in [0.25, 0.3) is 0 Å². The molecule has 0 fully saturated rings. The van der Waals surface area contributed by atoms with E-state index in [9.17, 15) is 0 Å². The summed E-state index contributed by atoms with van der Waals surface area (Å²) >= 11 is 0. The van der Waals surface area contributed by atoms with Crippen molar-refractivity contribution in [1.82, 2.24) is 10.2 Å². The lowest BCUT2D eigenvalue weighted by Crippen LogP contribution is -2.37. The van der Waals surface area contributed by atoms with E-state index in [0.717, 1.165) is 13.1 Å². The van der Waals surface area contributed by atoms with Crippen molar-refractivity contribution in [2.75, 3.05) is 13.1 Å². The minimum absolute atomic E-state index is 0.476. The monoisotopic (exact) mass is 265 g/mol. The van der Waals surface area contributed by atoms with Gasteiger partial charge in [0.15, 0.2) is 0 Å². The first-order chi connectivity index (χ1) is 9.38. The third-order valence-electron chi connectivity index (χ3n) is 3.58. The number of unbranched alkanes of at least 4 members (excludes halogenated alkanes) is 5. The number of hydrogen-bond acceptors (Lipinski definition) is 3. The fourth-order valence-electron chi connectivity index (χ4n) is 2.41. The maximum absolute atomic E-state index is 5.60. The summed E-state index contributed by atoms with van der Waals surface area (Å²) in [7, 11) is 0. The molecule has 1 atom stereocenters. The van der Waals surface area contributed by atoms with Crippen LogP contribution in [0.2, 0.25) is 0 Å². The Morgan fingerprint density at radius 3 is 2.68 bits per heavy atom. The molecule has 1 unspecified atom stereocenters. The third-order valence-corrected chi connectivity index (χ3v) is 3.58. The Morgan fingerprint density at radius 2 is 1.95 bits per heavy atom. The molecule has 19 heavy (non-hydrogen) atoms. The normalized spacial score (nSPS) is 18.4. The van der Waals surface area contributed by atoms with E-state index in [1.165, 1.54) is 51.4 Å². The van der Waals surface area contributed by atoms with Crippen molar-refractivity contribution < 1.29 is 0 Å². The maximum atomic E-state index is 5.60. The summed E-state index contributed by atoms with van der Waals surface area (Å²) in [6.07, 6.45) is 19.6. The number of hydrogen-bond donors (Lipinski definition) is 2. The van der Waals surface area contributed by atoms with Crippen molar-refractivity contribution >= 4 is 0 Å². The summed E-state index contributed by atoms with van der Waals surface area (Å²) in [5.41, 5.74) is 5.60. The predicted molar refractivity (Wildman–Crippen MR) is 83.6 cm³/mol. The standard InChI is InChI=1S/C16H31N3/c1-2-3-4-5-6-7-8-9-10-11-16-18-13-15-19(16)14-12-17/h5-6,13,15-16,18H,2-4,7-12,14,17H2,1H3/b6-5+. The molecular formula is C16H31N3. The Kier molecular flexibility index (Phi) is 9.25. The number of allylic oxidation sites excluding steroid dienone is 2. The van der Waals surface area contributed by atoms with Gasteiger partial charge in [0.05, 0.1) is 6.17 Å². The molecule has 0 radical (unpaired) electrons.